The first-order valence-corrected chi connectivity index (χ1v) is 9.07. The van der Waals surface area contributed by atoms with Crippen molar-refractivity contribution in [2.45, 2.75) is 6.92 Å². The number of amides is 1. The first-order valence-electron chi connectivity index (χ1n) is 8.19. The van der Waals surface area contributed by atoms with Gasteiger partial charge in [-0.25, -0.2) is 4.98 Å². The Kier molecular flexibility index (Phi) is 4.39. The number of thiophene rings is 1. The highest BCUT2D eigenvalue weighted by Gasteiger charge is 2.15. The number of H-pyrrole nitrogens is 1. The van der Waals surface area contributed by atoms with Crippen molar-refractivity contribution in [2.24, 2.45) is 0 Å². The van der Waals surface area contributed by atoms with Crippen molar-refractivity contribution in [3.63, 3.8) is 0 Å². The lowest BCUT2D eigenvalue weighted by atomic mass is 10.1. The molecule has 4 rings (SSSR count). The van der Waals surface area contributed by atoms with Gasteiger partial charge in [-0.3, -0.25) is 14.6 Å². The molecule has 0 saturated heterocycles. The van der Waals surface area contributed by atoms with Crippen LogP contribution in [0.2, 0.25) is 0 Å². The summed E-state index contributed by atoms with van der Waals surface area (Å²) in [5, 5.41) is 9.22. The standard InChI is InChI=1S/C19H15N5O2S/c1-12(25)20-17-10-15(16-8-5-9-27-16)23-24(17)19-21-14(11-18(26)22-19)13-6-3-2-4-7-13/h2-11H,1H3,(H,20,25)(H,21,22,26). The largest absolute Gasteiger partial charge is 0.311 e. The van der Waals surface area contributed by atoms with Crippen LogP contribution >= 0.6 is 11.3 Å². The molecule has 0 aliphatic heterocycles. The maximum absolute atomic E-state index is 12.2. The van der Waals surface area contributed by atoms with Crippen LogP contribution in [0.3, 0.4) is 0 Å². The van der Waals surface area contributed by atoms with Gasteiger partial charge in [0.2, 0.25) is 11.9 Å². The molecular formula is C19H15N5O2S. The zero-order valence-electron chi connectivity index (χ0n) is 14.3. The summed E-state index contributed by atoms with van der Waals surface area (Å²) < 4.78 is 1.43. The van der Waals surface area contributed by atoms with Crippen LogP contribution in [0.15, 0.2) is 64.8 Å². The Balaban J connectivity index is 1.86. The fraction of sp³-hybridized carbons (Fsp3) is 0.0526. The number of carbonyl (C=O) groups is 1. The van der Waals surface area contributed by atoms with Gasteiger partial charge in [0, 0.05) is 24.6 Å². The highest BCUT2D eigenvalue weighted by atomic mass is 32.1. The van der Waals surface area contributed by atoms with E-state index in [1.165, 1.54) is 29.0 Å². The van der Waals surface area contributed by atoms with Crippen molar-refractivity contribution in [3.8, 4) is 27.8 Å². The van der Waals surface area contributed by atoms with Gasteiger partial charge in [-0.05, 0) is 11.4 Å². The average Bonchev–Trinajstić information content (AvgIpc) is 3.31. The molecule has 0 radical (unpaired) electrons. The summed E-state index contributed by atoms with van der Waals surface area (Å²) in [6.45, 7) is 1.42. The SMILES string of the molecule is CC(=O)Nc1cc(-c2cccs2)nn1-c1nc(-c2ccccc2)cc(=O)[nH]1. The summed E-state index contributed by atoms with van der Waals surface area (Å²) in [7, 11) is 0. The number of aromatic amines is 1. The minimum atomic E-state index is -0.305. The van der Waals surface area contributed by atoms with E-state index in [-0.39, 0.29) is 17.4 Å². The molecule has 134 valence electrons. The molecular weight excluding hydrogens is 362 g/mol. The monoisotopic (exact) mass is 377 g/mol. The zero-order chi connectivity index (χ0) is 18.8. The molecule has 2 N–H and O–H groups in total. The van der Waals surface area contributed by atoms with E-state index in [2.05, 4.69) is 20.4 Å². The van der Waals surface area contributed by atoms with E-state index in [9.17, 15) is 9.59 Å². The van der Waals surface area contributed by atoms with Crippen molar-refractivity contribution in [1.82, 2.24) is 19.7 Å². The number of nitrogens with zero attached hydrogens (tertiary/aromatic N) is 3. The minimum absolute atomic E-state index is 0.230. The number of anilines is 1. The first kappa shape index (κ1) is 16.9. The quantitative estimate of drug-likeness (QED) is 0.571. The predicted octanol–water partition coefficient (Wildman–Crippen LogP) is 3.31. The maximum Gasteiger partial charge on any atom is 0.252 e. The van der Waals surface area contributed by atoms with Gasteiger partial charge in [0.25, 0.3) is 5.56 Å². The molecule has 0 spiro atoms. The molecule has 3 aromatic heterocycles. The minimum Gasteiger partial charge on any atom is -0.311 e. The molecule has 1 aromatic carbocycles. The van der Waals surface area contributed by atoms with Gasteiger partial charge < -0.3 is 5.32 Å². The van der Waals surface area contributed by atoms with E-state index in [1.54, 1.807) is 6.07 Å². The summed E-state index contributed by atoms with van der Waals surface area (Å²) in [4.78, 5) is 32.0. The Morgan fingerprint density at radius 3 is 2.63 bits per heavy atom. The first-order chi connectivity index (χ1) is 13.1. The Morgan fingerprint density at radius 1 is 1.11 bits per heavy atom. The molecule has 1 amide bonds. The number of nitrogens with one attached hydrogen (secondary N) is 2. The molecule has 0 fully saturated rings. The topological polar surface area (TPSA) is 92.7 Å². The van der Waals surface area contributed by atoms with E-state index in [0.717, 1.165) is 10.4 Å². The lowest BCUT2D eigenvalue weighted by Gasteiger charge is -2.08. The highest BCUT2D eigenvalue weighted by Crippen LogP contribution is 2.27. The second-order valence-corrected chi connectivity index (χ2v) is 6.75. The average molecular weight is 377 g/mol. The molecule has 4 aromatic rings. The molecule has 27 heavy (non-hydrogen) atoms. The smallest absolute Gasteiger partial charge is 0.252 e. The molecule has 0 unspecified atom stereocenters. The summed E-state index contributed by atoms with van der Waals surface area (Å²) in [5.41, 5.74) is 1.72. The summed E-state index contributed by atoms with van der Waals surface area (Å²) >= 11 is 1.53. The molecule has 0 bridgehead atoms. The van der Waals surface area contributed by atoms with Crippen molar-refractivity contribution in [1.29, 1.82) is 0 Å². The van der Waals surface area contributed by atoms with Crippen LogP contribution in [0.1, 0.15) is 6.92 Å². The van der Waals surface area contributed by atoms with Crippen molar-refractivity contribution in [3.05, 3.63) is 70.3 Å². The molecule has 0 aliphatic carbocycles. The Bertz CT molecular complexity index is 1150. The third kappa shape index (κ3) is 3.56. The van der Waals surface area contributed by atoms with E-state index < -0.39 is 0 Å². The fourth-order valence-corrected chi connectivity index (χ4v) is 3.34. The molecule has 8 heteroatoms. The molecule has 0 aliphatic rings. The Morgan fingerprint density at radius 2 is 1.93 bits per heavy atom. The van der Waals surface area contributed by atoms with Crippen LogP contribution < -0.4 is 10.9 Å². The van der Waals surface area contributed by atoms with Crippen LogP contribution in [0.4, 0.5) is 5.82 Å². The normalized spacial score (nSPS) is 10.7. The summed E-state index contributed by atoms with van der Waals surface area (Å²) in [6.07, 6.45) is 0. The van der Waals surface area contributed by atoms with E-state index >= 15 is 0 Å². The van der Waals surface area contributed by atoms with Gasteiger partial charge in [-0.1, -0.05) is 36.4 Å². The zero-order valence-corrected chi connectivity index (χ0v) is 15.2. The Labute approximate surface area is 158 Å². The Hall–Kier alpha value is -3.52. The summed E-state index contributed by atoms with van der Waals surface area (Å²) in [6, 6.07) is 16.4. The summed E-state index contributed by atoms with van der Waals surface area (Å²) in [5.74, 6) is 0.419. The van der Waals surface area contributed by atoms with E-state index in [1.807, 2.05) is 47.8 Å². The number of hydrogen-bond donors (Lipinski definition) is 2. The van der Waals surface area contributed by atoms with Crippen molar-refractivity contribution >= 4 is 23.1 Å². The second-order valence-electron chi connectivity index (χ2n) is 5.81. The van der Waals surface area contributed by atoms with Crippen LogP contribution in [0.25, 0.3) is 27.8 Å². The van der Waals surface area contributed by atoms with Gasteiger partial charge in [0.15, 0.2) is 0 Å². The third-order valence-corrected chi connectivity index (χ3v) is 4.68. The number of hydrogen-bond acceptors (Lipinski definition) is 5. The number of aromatic nitrogens is 4. The van der Waals surface area contributed by atoms with E-state index in [4.69, 9.17) is 0 Å². The van der Waals surface area contributed by atoms with Crippen LogP contribution in [-0.4, -0.2) is 25.7 Å². The van der Waals surface area contributed by atoms with E-state index in [0.29, 0.717) is 17.2 Å². The third-order valence-electron chi connectivity index (χ3n) is 3.79. The van der Waals surface area contributed by atoms with Gasteiger partial charge in [-0.15, -0.1) is 11.3 Å². The lowest BCUT2D eigenvalue weighted by molar-refractivity contribution is -0.114. The van der Waals surface area contributed by atoms with Gasteiger partial charge in [0.05, 0.1) is 10.6 Å². The number of benzene rings is 1. The molecule has 7 nitrogen and oxygen atoms in total. The van der Waals surface area contributed by atoms with Crippen LogP contribution in [0.5, 0.6) is 0 Å². The van der Waals surface area contributed by atoms with Crippen LogP contribution in [0, 0.1) is 0 Å². The van der Waals surface area contributed by atoms with Crippen LogP contribution in [-0.2, 0) is 4.79 Å². The van der Waals surface area contributed by atoms with Gasteiger partial charge >= 0.3 is 0 Å². The molecule has 0 saturated carbocycles. The predicted molar refractivity (Wildman–Crippen MR) is 105 cm³/mol. The number of rotatable bonds is 4. The molecule has 3 heterocycles. The van der Waals surface area contributed by atoms with Crippen molar-refractivity contribution < 1.29 is 4.79 Å². The lowest BCUT2D eigenvalue weighted by Crippen LogP contribution is -2.17. The number of carbonyl (C=O) groups excluding carboxylic acids is 1. The fourth-order valence-electron chi connectivity index (χ4n) is 2.66. The maximum atomic E-state index is 12.2. The van der Waals surface area contributed by atoms with Gasteiger partial charge in [-0.2, -0.15) is 9.78 Å². The highest BCUT2D eigenvalue weighted by molar-refractivity contribution is 7.13. The van der Waals surface area contributed by atoms with Crippen molar-refractivity contribution in [2.75, 3.05) is 5.32 Å². The van der Waals surface area contributed by atoms with Gasteiger partial charge in [0.1, 0.15) is 11.5 Å². The second kappa shape index (κ2) is 7.00. The molecule has 0 atom stereocenters.